The zero-order chi connectivity index (χ0) is 28.7. The van der Waals surface area contributed by atoms with Gasteiger partial charge in [0.25, 0.3) is 0 Å². The highest BCUT2D eigenvalue weighted by atomic mass is 79.9. The third kappa shape index (κ3) is 11.7. The second kappa shape index (κ2) is 16.9. The average molecular weight is 597 g/mol. The summed E-state index contributed by atoms with van der Waals surface area (Å²) in [6, 6.07) is 13.4. The summed E-state index contributed by atoms with van der Waals surface area (Å²) in [4.78, 5) is 38.3. The molecule has 7 nitrogen and oxygen atoms in total. The van der Waals surface area contributed by atoms with E-state index in [2.05, 4.69) is 21.2 Å². The van der Waals surface area contributed by atoms with E-state index in [-0.39, 0.29) is 18.2 Å². The Hall–Kier alpha value is -2.78. The van der Waals surface area contributed by atoms with Gasteiger partial charge >= 0.3 is 12.1 Å². The van der Waals surface area contributed by atoms with Crippen molar-refractivity contribution >= 4 is 33.8 Å². The van der Waals surface area contributed by atoms with Crippen molar-refractivity contribution in [2.75, 3.05) is 18.9 Å². The van der Waals surface area contributed by atoms with Crippen LogP contribution in [-0.2, 0) is 14.3 Å². The molecule has 2 atom stereocenters. The van der Waals surface area contributed by atoms with Crippen LogP contribution in [0.3, 0.4) is 0 Å². The van der Waals surface area contributed by atoms with Crippen LogP contribution < -0.4 is 10.6 Å². The molecule has 2 rings (SSSR count). The van der Waals surface area contributed by atoms with Crippen molar-refractivity contribution in [1.29, 1.82) is 0 Å². The van der Waals surface area contributed by atoms with Crippen molar-refractivity contribution < 1.29 is 33.6 Å². The minimum Gasteiger partial charge on any atom is -0.454 e. The van der Waals surface area contributed by atoms with Crippen LogP contribution in [0, 0.1) is 11.7 Å². The zero-order valence-electron chi connectivity index (χ0n) is 23.1. The van der Waals surface area contributed by atoms with Gasteiger partial charge in [-0.15, -0.1) is 0 Å². The molecule has 9 heteroatoms. The van der Waals surface area contributed by atoms with Crippen LogP contribution >= 0.6 is 15.9 Å². The number of halogens is 2. The van der Waals surface area contributed by atoms with E-state index in [0.717, 1.165) is 12.8 Å². The number of quaternary nitrogens is 1. The number of hydrogen-bond acceptors (Lipinski definition) is 5. The molecule has 1 unspecified atom stereocenters. The normalized spacial score (nSPS) is 12.6. The molecule has 1 amide bonds. The lowest BCUT2D eigenvalue weighted by molar-refractivity contribution is -0.650. The fraction of sp³-hybridized carbons (Fsp3) is 0.483. The first kappa shape index (κ1) is 33.2. The Morgan fingerprint density at radius 1 is 1.00 bits per heavy atom. The third-order valence-corrected chi connectivity index (χ3v) is 5.75. The first-order chi connectivity index (χ1) is 18.0. The van der Waals surface area contributed by atoms with Crippen LogP contribution in [0.25, 0.3) is 0 Å². The Kier molecular flexibility index (Phi) is 14.8. The molecule has 0 aliphatic rings. The quantitative estimate of drug-likeness (QED) is 0.200. The van der Waals surface area contributed by atoms with E-state index in [1.165, 1.54) is 18.2 Å². The molecule has 38 heavy (non-hydrogen) atoms. The molecule has 0 saturated heterocycles. The van der Waals surface area contributed by atoms with Gasteiger partial charge < -0.3 is 20.1 Å². The minimum atomic E-state index is -1.05. The van der Waals surface area contributed by atoms with Crippen molar-refractivity contribution in [3.05, 3.63) is 71.5 Å². The number of nitrogens with one attached hydrogen (secondary N) is 1. The molecule has 2 aromatic carbocycles. The number of Topliss-reactive ketones (excluding diaryl/α,β-unsaturated/α-hetero) is 1. The van der Waals surface area contributed by atoms with Gasteiger partial charge in [0.2, 0.25) is 5.78 Å². The van der Waals surface area contributed by atoms with Crippen molar-refractivity contribution in [2.45, 2.75) is 65.2 Å². The van der Waals surface area contributed by atoms with Crippen LogP contribution in [0.4, 0.5) is 9.18 Å². The number of rotatable bonds is 12. The molecule has 0 aromatic heterocycles. The molecule has 0 fully saturated rings. The second-order valence-electron chi connectivity index (χ2n) is 9.70. The maximum Gasteiger partial charge on any atom is 0.408 e. The number of alkyl halides is 1. The molecule has 0 aliphatic carbocycles. The number of amides is 1. The van der Waals surface area contributed by atoms with Crippen molar-refractivity contribution in [1.82, 2.24) is 5.32 Å². The molecule has 0 radical (unpaired) electrons. The van der Waals surface area contributed by atoms with Crippen molar-refractivity contribution in [2.24, 2.45) is 5.92 Å². The lowest BCUT2D eigenvalue weighted by atomic mass is 9.96. The lowest BCUT2D eigenvalue weighted by Gasteiger charge is -2.27. The van der Waals surface area contributed by atoms with E-state index < -0.39 is 35.6 Å². The SMILES string of the molecule is CBr.CCC(CC)[C@H](C[NH2+]CC(=O)c1cccc(F)c1)OC(=O)C(NC(=O)OC(C)(C)C)c1ccccc1. The molecule has 0 bridgehead atoms. The highest BCUT2D eigenvalue weighted by molar-refractivity contribution is 9.08. The largest absolute Gasteiger partial charge is 0.454 e. The molecule has 210 valence electrons. The maximum absolute atomic E-state index is 13.5. The zero-order valence-corrected chi connectivity index (χ0v) is 24.7. The average Bonchev–Trinajstić information content (AvgIpc) is 2.88. The number of ether oxygens (including phenoxy) is 2. The van der Waals surface area contributed by atoms with Crippen molar-refractivity contribution in [3.8, 4) is 0 Å². The predicted molar refractivity (Wildman–Crippen MR) is 150 cm³/mol. The van der Waals surface area contributed by atoms with Gasteiger partial charge in [-0.1, -0.05) is 72.2 Å². The topological polar surface area (TPSA) is 98.3 Å². The Morgan fingerprint density at radius 3 is 2.18 bits per heavy atom. The molecule has 2 aromatic rings. The molecule has 0 saturated carbocycles. The van der Waals surface area contributed by atoms with Gasteiger partial charge in [-0.2, -0.15) is 0 Å². The number of nitrogens with two attached hydrogens (primary N) is 1. The van der Waals surface area contributed by atoms with Gasteiger partial charge in [0.05, 0.1) is 0 Å². The van der Waals surface area contributed by atoms with E-state index in [0.29, 0.717) is 17.7 Å². The number of ketones is 1. The number of alkyl carbamates (subject to hydrolysis) is 1. The highest BCUT2D eigenvalue weighted by Gasteiger charge is 2.32. The first-order valence-electron chi connectivity index (χ1n) is 12.8. The summed E-state index contributed by atoms with van der Waals surface area (Å²) in [5, 5.41) is 4.40. The van der Waals surface area contributed by atoms with Gasteiger partial charge in [-0.25, -0.2) is 14.0 Å². The van der Waals surface area contributed by atoms with Crippen LogP contribution in [0.2, 0.25) is 0 Å². The number of carbonyl (C=O) groups is 3. The van der Waals surface area contributed by atoms with Gasteiger partial charge in [-0.3, -0.25) is 4.79 Å². The van der Waals surface area contributed by atoms with E-state index in [4.69, 9.17) is 9.47 Å². The van der Waals surface area contributed by atoms with Crippen LogP contribution in [0.15, 0.2) is 54.6 Å². The number of carbonyl (C=O) groups excluding carboxylic acids is 3. The summed E-state index contributed by atoms with van der Waals surface area (Å²) in [5.74, 6) is 0.598. The summed E-state index contributed by atoms with van der Waals surface area (Å²) in [7, 11) is 0. The van der Waals surface area contributed by atoms with Gasteiger partial charge in [-0.05, 0) is 57.1 Å². The summed E-state index contributed by atoms with van der Waals surface area (Å²) in [6.45, 7) is 9.70. The van der Waals surface area contributed by atoms with Crippen LogP contribution in [-0.4, -0.2) is 48.5 Å². The van der Waals surface area contributed by atoms with Gasteiger partial charge in [0.15, 0.2) is 12.1 Å². The summed E-state index contributed by atoms with van der Waals surface area (Å²) >= 11 is 2.94. The molecule has 3 N–H and O–H groups in total. The van der Waals surface area contributed by atoms with Crippen LogP contribution in [0.5, 0.6) is 0 Å². The third-order valence-electron chi connectivity index (χ3n) is 5.75. The van der Waals surface area contributed by atoms with E-state index in [1.807, 2.05) is 25.7 Å². The second-order valence-corrected chi connectivity index (χ2v) is 9.70. The molecule has 0 aliphatic heterocycles. The Morgan fingerprint density at radius 2 is 1.63 bits per heavy atom. The summed E-state index contributed by atoms with van der Waals surface area (Å²) in [5.41, 5.74) is 0.145. The fourth-order valence-corrected chi connectivity index (χ4v) is 3.88. The van der Waals surface area contributed by atoms with Crippen LogP contribution in [0.1, 0.15) is 69.4 Å². The minimum absolute atomic E-state index is 0.0624. The van der Waals surface area contributed by atoms with E-state index in [9.17, 15) is 18.8 Å². The fourth-order valence-electron chi connectivity index (χ4n) is 3.88. The standard InChI is InChI=1S/C28H37FN2O5.CH3Br/c1-6-19(7-2)24(18-30-17-23(32)21-14-11-15-22(29)16-21)35-26(33)25(20-12-9-8-10-13-20)31-27(34)36-28(3,4)5;1-2/h8-16,19,24-25,30H,6-7,17-18H2,1-5H3,(H,31,34);1H3/p+1/t24-,25?;/m0./s1. The monoisotopic (exact) mass is 595 g/mol. The maximum atomic E-state index is 13.5. The van der Waals surface area contributed by atoms with Gasteiger partial charge in [0, 0.05) is 11.5 Å². The smallest absolute Gasteiger partial charge is 0.408 e. The number of hydrogen-bond donors (Lipinski definition) is 2. The lowest BCUT2D eigenvalue weighted by Crippen LogP contribution is -2.88. The molecule has 0 heterocycles. The number of esters is 1. The first-order valence-corrected chi connectivity index (χ1v) is 14.4. The highest BCUT2D eigenvalue weighted by Crippen LogP contribution is 2.21. The van der Waals surface area contributed by atoms with Crippen molar-refractivity contribution in [3.63, 3.8) is 0 Å². The molecular formula is C29H41BrFN2O5+. The Bertz CT molecular complexity index is 1010. The van der Waals surface area contributed by atoms with E-state index in [1.54, 1.807) is 56.4 Å². The Labute approximate surface area is 234 Å². The molecule has 0 spiro atoms. The van der Waals surface area contributed by atoms with Gasteiger partial charge in [0.1, 0.15) is 24.5 Å². The summed E-state index contributed by atoms with van der Waals surface area (Å²) in [6.07, 6.45) is 0.338. The number of benzene rings is 2. The molecular weight excluding hydrogens is 555 g/mol. The van der Waals surface area contributed by atoms with E-state index >= 15 is 0 Å². The summed E-state index contributed by atoms with van der Waals surface area (Å²) < 4.78 is 24.7. The predicted octanol–water partition coefficient (Wildman–Crippen LogP) is 5.20. The Balaban J connectivity index is 0.00000352.